The second-order valence-corrected chi connectivity index (χ2v) is 6.42. The standard InChI is InChI=1S/C20H25FN2O/c1-3-16-13-18(20(24)14-22-11-5-6-12-22)19(4-2)23(16)17-9-7-15(21)8-10-17/h7-10,13H,3-6,11-12,14H2,1-2H3. The number of aryl methyl sites for hydroxylation is 1. The highest BCUT2D eigenvalue weighted by atomic mass is 19.1. The van der Waals surface area contributed by atoms with Crippen LogP contribution in [0.15, 0.2) is 30.3 Å². The monoisotopic (exact) mass is 328 g/mol. The van der Waals surface area contributed by atoms with E-state index in [1.54, 1.807) is 12.1 Å². The van der Waals surface area contributed by atoms with Crippen LogP contribution in [0.3, 0.4) is 0 Å². The molecule has 1 saturated heterocycles. The molecule has 3 rings (SSSR count). The summed E-state index contributed by atoms with van der Waals surface area (Å²) in [6.45, 7) is 6.70. The van der Waals surface area contributed by atoms with Crippen molar-refractivity contribution >= 4 is 5.78 Å². The minimum absolute atomic E-state index is 0.198. The molecule has 1 aliphatic rings. The number of aromatic nitrogens is 1. The van der Waals surface area contributed by atoms with Gasteiger partial charge in [0.05, 0.1) is 6.54 Å². The van der Waals surface area contributed by atoms with E-state index < -0.39 is 0 Å². The Morgan fingerprint density at radius 3 is 2.33 bits per heavy atom. The molecule has 1 aromatic heterocycles. The number of Topliss-reactive ketones (excluding diaryl/α,β-unsaturated/α-hetero) is 1. The first-order valence-corrected chi connectivity index (χ1v) is 8.89. The fraction of sp³-hybridized carbons (Fsp3) is 0.450. The van der Waals surface area contributed by atoms with Crippen LogP contribution in [0.25, 0.3) is 5.69 Å². The van der Waals surface area contributed by atoms with Gasteiger partial charge in [0.25, 0.3) is 0 Å². The maximum atomic E-state index is 13.3. The molecule has 128 valence electrons. The molecular formula is C20H25FN2O. The largest absolute Gasteiger partial charge is 0.317 e. The van der Waals surface area contributed by atoms with Gasteiger partial charge in [-0.05, 0) is 69.1 Å². The van der Waals surface area contributed by atoms with Gasteiger partial charge >= 0.3 is 0 Å². The van der Waals surface area contributed by atoms with Gasteiger partial charge in [-0.15, -0.1) is 0 Å². The van der Waals surface area contributed by atoms with Crippen LogP contribution in [-0.4, -0.2) is 34.9 Å². The van der Waals surface area contributed by atoms with Gasteiger partial charge in [0.15, 0.2) is 5.78 Å². The molecule has 0 saturated carbocycles. The molecule has 2 aromatic rings. The number of ketones is 1. The van der Waals surface area contributed by atoms with E-state index in [1.807, 2.05) is 6.07 Å². The van der Waals surface area contributed by atoms with E-state index in [-0.39, 0.29) is 11.6 Å². The lowest BCUT2D eigenvalue weighted by atomic mass is 10.1. The molecule has 0 radical (unpaired) electrons. The van der Waals surface area contributed by atoms with Crippen LogP contribution in [0.1, 0.15) is 48.4 Å². The molecule has 4 heteroatoms. The van der Waals surface area contributed by atoms with Crippen LogP contribution >= 0.6 is 0 Å². The summed E-state index contributed by atoms with van der Waals surface area (Å²) in [6.07, 6.45) is 3.98. The summed E-state index contributed by atoms with van der Waals surface area (Å²) in [6, 6.07) is 8.53. The Hall–Kier alpha value is -1.94. The topological polar surface area (TPSA) is 25.2 Å². The third-order valence-electron chi connectivity index (χ3n) is 4.83. The van der Waals surface area contributed by atoms with E-state index in [1.165, 1.54) is 25.0 Å². The first-order valence-electron chi connectivity index (χ1n) is 8.89. The first-order chi connectivity index (χ1) is 11.6. The molecule has 2 heterocycles. The van der Waals surface area contributed by atoms with Crippen molar-refractivity contribution in [3.05, 3.63) is 53.1 Å². The molecule has 0 amide bonds. The number of likely N-dealkylation sites (tertiary alicyclic amines) is 1. The van der Waals surface area contributed by atoms with Gasteiger partial charge in [-0.2, -0.15) is 0 Å². The average Bonchev–Trinajstić information content (AvgIpc) is 3.22. The Kier molecular flexibility index (Phi) is 5.14. The van der Waals surface area contributed by atoms with E-state index in [2.05, 4.69) is 23.3 Å². The third kappa shape index (κ3) is 3.29. The number of carbonyl (C=O) groups excluding carboxylic acids is 1. The number of hydrogen-bond acceptors (Lipinski definition) is 2. The second kappa shape index (κ2) is 7.31. The Bertz CT molecular complexity index is 712. The smallest absolute Gasteiger partial charge is 0.178 e. The van der Waals surface area contributed by atoms with Crippen molar-refractivity contribution in [1.29, 1.82) is 0 Å². The molecular weight excluding hydrogens is 303 g/mol. The van der Waals surface area contributed by atoms with Crippen molar-refractivity contribution in [3.8, 4) is 5.69 Å². The highest BCUT2D eigenvalue weighted by Gasteiger charge is 2.22. The number of carbonyl (C=O) groups is 1. The van der Waals surface area contributed by atoms with Gasteiger partial charge in [-0.3, -0.25) is 9.69 Å². The van der Waals surface area contributed by atoms with Crippen LogP contribution in [0, 0.1) is 5.82 Å². The average molecular weight is 328 g/mol. The molecule has 0 atom stereocenters. The molecule has 0 aliphatic carbocycles. The zero-order valence-electron chi connectivity index (χ0n) is 14.5. The second-order valence-electron chi connectivity index (χ2n) is 6.42. The predicted octanol–water partition coefficient (Wildman–Crippen LogP) is 4.02. The quantitative estimate of drug-likeness (QED) is 0.748. The fourth-order valence-electron chi connectivity index (χ4n) is 3.60. The molecule has 0 spiro atoms. The lowest BCUT2D eigenvalue weighted by Gasteiger charge is -2.15. The zero-order chi connectivity index (χ0) is 17.1. The maximum absolute atomic E-state index is 13.3. The SMILES string of the molecule is CCc1cc(C(=O)CN2CCCC2)c(CC)n1-c1ccc(F)cc1. The molecule has 24 heavy (non-hydrogen) atoms. The van der Waals surface area contributed by atoms with E-state index in [0.717, 1.165) is 48.6 Å². The van der Waals surface area contributed by atoms with Gasteiger partial charge < -0.3 is 4.57 Å². The van der Waals surface area contributed by atoms with Crippen molar-refractivity contribution in [2.45, 2.75) is 39.5 Å². The first kappa shape index (κ1) is 16.9. The molecule has 1 aromatic carbocycles. The third-order valence-corrected chi connectivity index (χ3v) is 4.83. The van der Waals surface area contributed by atoms with Crippen LogP contribution in [0.5, 0.6) is 0 Å². The predicted molar refractivity (Wildman–Crippen MR) is 94.5 cm³/mol. The van der Waals surface area contributed by atoms with E-state index in [9.17, 15) is 9.18 Å². The van der Waals surface area contributed by atoms with E-state index >= 15 is 0 Å². The molecule has 1 aliphatic heterocycles. The van der Waals surface area contributed by atoms with E-state index in [0.29, 0.717) is 6.54 Å². The lowest BCUT2D eigenvalue weighted by Crippen LogP contribution is -2.27. The molecule has 3 nitrogen and oxygen atoms in total. The Morgan fingerprint density at radius 2 is 1.75 bits per heavy atom. The molecule has 1 fully saturated rings. The summed E-state index contributed by atoms with van der Waals surface area (Å²) in [5.74, 6) is -0.0448. The van der Waals surface area contributed by atoms with Crippen molar-refractivity contribution in [1.82, 2.24) is 9.47 Å². The van der Waals surface area contributed by atoms with Gasteiger partial charge in [-0.1, -0.05) is 13.8 Å². The molecule has 0 N–H and O–H groups in total. The van der Waals surface area contributed by atoms with Gasteiger partial charge in [0, 0.05) is 22.6 Å². The summed E-state index contributed by atoms with van der Waals surface area (Å²) in [5, 5.41) is 0. The maximum Gasteiger partial charge on any atom is 0.178 e. The normalized spacial score (nSPS) is 15.1. The minimum Gasteiger partial charge on any atom is -0.317 e. The van der Waals surface area contributed by atoms with Gasteiger partial charge in [0.1, 0.15) is 5.82 Å². The number of nitrogens with zero attached hydrogens (tertiary/aromatic N) is 2. The number of rotatable bonds is 6. The highest BCUT2D eigenvalue weighted by Crippen LogP contribution is 2.24. The van der Waals surface area contributed by atoms with Crippen molar-refractivity contribution in [2.24, 2.45) is 0 Å². The molecule has 0 bridgehead atoms. The Balaban J connectivity index is 1.98. The Morgan fingerprint density at radius 1 is 1.08 bits per heavy atom. The van der Waals surface area contributed by atoms with Crippen LogP contribution in [0.4, 0.5) is 4.39 Å². The highest BCUT2D eigenvalue weighted by molar-refractivity contribution is 5.99. The Labute approximate surface area is 143 Å². The number of benzene rings is 1. The van der Waals surface area contributed by atoms with Crippen molar-refractivity contribution in [2.75, 3.05) is 19.6 Å². The summed E-state index contributed by atoms with van der Waals surface area (Å²) in [7, 11) is 0. The molecule has 0 unspecified atom stereocenters. The number of halogens is 1. The van der Waals surface area contributed by atoms with Crippen molar-refractivity contribution in [3.63, 3.8) is 0 Å². The van der Waals surface area contributed by atoms with E-state index in [4.69, 9.17) is 0 Å². The van der Waals surface area contributed by atoms with Crippen molar-refractivity contribution < 1.29 is 9.18 Å². The van der Waals surface area contributed by atoms with Crippen LogP contribution in [0.2, 0.25) is 0 Å². The van der Waals surface area contributed by atoms with Crippen LogP contribution in [-0.2, 0) is 12.8 Å². The minimum atomic E-state index is -0.243. The summed E-state index contributed by atoms with van der Waals surface area (Å²) in [4.78, 5) is 15.1. The number of hydrogen-bond donors (Lipinski definition) is 0. The zero-order valence-corrected chi connectivity index (χ0v) is 14.5. The summed E-state index contributed by atoms with van der Waals surface area (Å²) < 4.78 is 15.4. The fourth-order valence-corrected chi connectivity index (χ4v) is 3.60. The van der Waals surface area contributed by atoms with Gasteiger partial charge in [0.2, 0.25) is 0 Å². The van der Waals surface area contributed by atoms with Crippen LogP contribution < -0.4 is 0 Å². The summed E-state index contributed by atoms with van der Waals surface area (Å²) in [5.41, 5.74) is 3.88. The van der Waals surface area contributed by atoms with Gasteiger partial charge in [-0.25, -0.2) is 4.39 Å². The lowest BCUT2D eigenvalue weighted by molar-refractivity contribution is 0.0944. The summed E-state index contributed by atoms with van der Waals surface area (Å²) >= 11 is 0.